The number of ketones is 1. The number of fused-ring (bicyclic) bond motifs is 2. The van der Waals surface area contributed by atoms with E-state index in [-0.39, 0.29) is 11.7 Å². The molecule has 36 heavy (non-hydrogen) atoms. The zero-order valence-corrected chi connectivity index (χ0v) is 20.3. The first-order valence-corrected chi connectivity index (χ1v) is 12.1. The molecule has 0 spiro atoms. The summed E-state index contributed by atoms with van der Waals surface area (Å²) in [5.41, 5.74) is 4.34. The summed E-state index contributed by atoms with van der Waals surface area (Å²) in [6.07, 6.45) is 1.51. The fourth-order valence-electron chi connectivity index (χ4n) is 5.04. The lowest BCUT2D eigenvalue weighted by Gasteiger charge is -2.36. The van der Waals surface area contributed by atoms with Gasteiger partial charge >= 0.3 is 0 Å². The molecule has 0 unspecified atom stereocenters. The van der Waals surface area contributed by atoms with E-state index in [1.807, 2.05) is 44.4 Å². The van der Waals surface area contributed by atoms with Crippen LogP contribution in [0.25, 0.3) is 22.2 Å². The summed E-state index contributed by atoms with van der Waals surface area (Å²) in [5.74, 6) is 0.841. The van der Waals surface area contributed by atoms with Gasteiger partial charge in [-0.15, -0.1) is 0 Å². The van der Waals surface area contributed by atoms with Crippen molar-refractivity contribution in [3.8, 4) is 11.3 Å². The number of carbonyl (C=O) groups excluding carboxylic acids is 2. The number of benzene rings is 2. The Hall–Kier alpha value is -4.11. The summed E-state index contributed by atoms with van der Waals surface area (Å²) in [6.45, 7) is 3.88. The molecule has 4 aromatic rings. The van der Waals surface area contributed by atoms with Crippen LogP contribution in [0.15, 0.2) is 57.7 Å². The molecule has 2 aromatic carbocycles. The standard InChI is InChI=1S/C27H27N5O4/c1-30(2)10-9-28-19-16-20(31-11-13-32(14-12-31)27(34)21-8-5-15-35-21)24-23-22(19)25(33)17-6-3-4-7-18(17)26(23)36-29-24/h3-8,15-16,28H,9-14H2,1-2H3. The van der Waals surface area contributed by atoms with Crippen molar-refractivity contribution < 1.29 is 18.5 Å². The normalized spacial score (nSPS) is 15.0. The van der Waals surface area contributed by atoms with E-state index in [2.05, 4.69) is 20.3 Å². The zero-order valence-electron chi connectivity index (χ0n) is 20.3. The van der Waals surface area contributed by atoms with Crippen molar-refractivity contribution in [1.29, 1.82) is 0 Å². The molecule has 9 nitrogen and oxygen atoms in total. The molecule has 1 N–H and O–H groups in total. The van der Waals surface area contributed by atoms with Crippen molar-refractivity contribution in [3.05, 3.63) is 65.6 Å². The van der Waals surface area contributed by atoms with E-state index in [9.17, 15) is 9.59 Å². The van der Waals surface area contributed by atoms with Crippen LogP contribution in [0.2, 0.25) is 0 Å². The number of nitrogens with one attached hydrogen (secondary N) is 1. The third kappa shape index (κ3) is 3.63. The number of hydrogen-bond donors (Lipinski definition) is 1. The molecule has 2 aliphatic rings. The second kappa shape index (κ2) is 8.83. The van der Waals surface area contributed by atoms with E-state index in [4.69, 9.17) is 8.94 Å². The number of amides is 1. The first-order chi connectivity index (χ1) is 17.5. The van der Waals surface area contributed by atoms with Gasteiger partial charge in [-0.2, -0.15) is 0 Å². The summed E-state index contributed by atoms with van der Waals surface area (Å²) in [4.78, 5) is 32.5. The minimum absolute atomic E-state index is 0.0286. The van der Waals surface area contributed by atoms with Gasteiger partial charge < -0.3 is 29.0 Å². The number of furan rings is 1. The molecular weight excluding hydrogens is 458 g/mol. The van der Waals surface area contributed by atoms with Crippen LogP contribution in [0.5, 0.6) is 0 Å². The summed E-state index contributed by atoms with van der Waals surface area (Å²) in [7, 11) is 4.03. The summed E-state index contributed by atoms with van der Waals surface area (Å²) < 4.78 is 11.2. The van der Waals surface area contributed by atoms with Crippen LogP contribution in [-0.4, -0.2) is 80.0 Å². The quantitative estimate of drug-likeness (QED) is 0.390. The average Bonchev–Trinajstić information content (AvgIpc) is 3.58. The van der Waals surface area contributed by atoms with E-state index in [0.29, 0.717) is 60.9 Å². The molecule has 9 heteroatoms. The maximum atomic E-state index is 13.6. The molecule has 0 bridgehead atoms. The van der Waals surface area contributed by atoms with Crippen molar-refractivity contribution in [2.75, 3.05) is 63.6 Å². The van der Waals surface area contributed by atoms with Crippen LogP contribution in [0.3, 0.4) is 0 Å². The molecule has 0 saturated carbocycles. The van der Waals surface area contributed by atoms with Gasteiger partial charge in [-0.1, -0.05) is 29.4 Å². The van der Waals surface area contributed by atoms with Crippen molar-refractivity contribution >= 4 is 34.0 Å². The van der Waals surface area contributed by atoms with Gasteiger partial charge in [-0.05, 0) is 32.3 Å². The lowest BCUT2D eigenvalue weighted by atomic mass is 9.86. The van der Waals surface area contributed by atoms with Gasteiger partial charge in [0.15, 0.2) is 17.3 Å². The van der Waals surface area contributed by atoms with Crippen molar-refractivity contribution in [1.82, 2.24) is 15.0 Å². The van der Waals surface area contributed by atoms with Gasteiger partial charge in [0.2, 0.25) is 0 Å². The number of aromatic nitrogens is 1. The Bertz CT molecular complexity index is 1450. The van der Waals surface area contributed by atoms with Crippen LogP contribution in [0.4, 0.5) is 11.4 Å². The molecular formula is C27H27N5O4. The number of rotatable bonds is 6. The van der Waals surface area contributed by atoms with Crippen molar-refractivity contribution in [2.24, 2.45) is 0 Å². The fraction of sp³-hybridized carbons (Fsp3) is 0.296. The van der Waals surface area contributed by atoms with Crippen molar-refractivity contribution in [2.45, 2.75) is 0 Å². The third-order valence-corrected chi connectivity index (χ3v) is 6.89. The molecule has 184 valence electrons. The highest BCUT2D eigenvalue weighted by atomic mass is 16.5. The second-order valence-corrected chi connectivity index (χ2v) is 9.41. The van der Waals surface area contributed by atoms with Crippen LogP contribution < -0.4 is 10.2 Å². The minimum Gasteiger partial charge on any atom is -0.459 e. The van der Waals surface area contributed by atoms with E-state index in [1.165, 1.54) is 6.26 Å². The monoisotopic (exact) mass is 485 g/mol. The van der Waals surface area contributed by atoms with Gasteiger partial charge in [0.05, 0.1) is 22.9 Å². The van der Waals surface area contributed by atoms with Crippen LogP contribution in [0, 0.1) is 0 Å². The molecule has 6 rings (SSSR count). The van der Waals surface area contributed by atoms with Crippen LogP contribution >= 0.6 is 0 Å². The molecule has 1 amide bonds. The van der Waals surface area contributed by atoms with E-state index in [0.717, 1.165) is 28.9 Å². The smallest absolute Gasteiger partial charge is 0.289 e. The van der Waals surface area contributed by atoms with Crippen LogP contribution in [-0.2, 0) is 0 Å². The highest BCUT2D eigenvalue weighted by molar-refractivity contribution is 6.28. The molecule has 1 fully saturated rings. The second-order valence-electron chi connectivity index (χ2n) is 9.41. The molecule has 3 heterocycles. The largest absolute Gasteiger partial charge is 0.459 e. The average molecular weight is 486 g/mol. The molecule has 1 saturated heterocycles. The molecule has 1 aliphatic heterocycles. The maximum absolute atomic E-state index is 13.6. The Balaban J connectivity index is 1.38. The third-order valence-electron chi connectivity index (χ3n) is 6.89. The van der Waals surface area contributed by atoms with Gasteiger partial charge in [-0.25, -0.2) is 0 Å². The Morgan fingerprint density at radius 1 is 1.08 bits per heavy atom. The number of likely N-dealkylation sites (N-methyl/N-ethyl adjacent to an activating group) is 1. The van der Waals surface area contributed by atoms with E-state index < -0.39 is 0 Å². The van der Waals surface area contributed by atoms with Crippen LogP contribution in [0.1, 0.15) is 26.5 Å². The lowest BCUT2D eigenvalue weighted by Crippen LogP contribution is -2.48. The lowest BCUT2D eigenvalue weighted by molar-refractivity contribution is 0.0714. The van der Waals surface area contributed by atoms with Gasteiger partial charge in [-0.3, -0.25) is 9.59 Å². The molecule has 1 aliphatic carbocycles. The Morgan fingerprint density at radius 2 is 1.86 bits per heavy atom. The number of piperazine rings is 1. The SMILES string of the molecule is CN(C)CCNc1cc(N2CCN(C(=O)c3ccco3)CC2)c2noc3c2c1C(=O)c1ccccc1-3. The maximum Gasteiger partial charge on any atom is 0.289 e. The predicted molar refractivity (Wildman–Crippen MR) is 137 cm³/mol. The molecule has 2 aromatic heterocycles. The fourth-order valence-corrected chi connectivity index (χ4v) is 5.04. The Kier molecular flexibility index (Phi) is 5.49. The first kappa shape index (κ1) is 22.4. The number of carbonyl (C=O) groups is 2. The highest BCUT2D eigenvalue weighted by Crippen LogP contribution is 2.45. The highest BCUT2D eigenvalue weighted by Gasteiger charge is 2.34. The minimum atomic E-state index is -0.105. The molecule has 0 atom stereocenters. The number of anilines is 2. The zero-order chi connectivity index (χ0) is 24.8. The van der Waals surface area contributed by atoms with Gasteiger partial charge in [0, 0.05) is 56.1 Å². The van der Waals surface area contributed by atoms with Crippen molar-refractivity contribution in [3.63, 3.8) is 0 Å². The van der Waals surface area contributed by atoms with E-state index >= 15 is 0 Å². The van der Waals surface area contributed by atoms with Gasteiger partial charge in [0.1, 0.15) is 5.52 Å². The summed E-state index contributed by atoms with van der Waals surface area (Å²) >= 11 is 0. The molecule has 0 radical (unpaired) electrons. The van der Waals surface area contributed by atoms with E-state index in [1.54, 1.807) is 17.0 Å². The summed E-state index contributed by atoms with van der Waals surface area (Å²) in [5, 5.41) is 8.68. The Labute approximate surface area is 208 Å². The Morgan fingerprint density at radius 3 is 2.58 bits per heavy atom. The predicted octanol–water partition coefficient (Wildman–Crippen LogP) is 3.57. The topological polar surface area (TPSA) is 95.1 Å². The number of hydrogen-bond acceptors (Lipinski definition) is 8. The number of nitrogens with zero attached hydrogens (tertiary/aromatic N) is 4. The first-order valence-electron chi connectivity index (χ1n) is 12.1. The van der Waals surface area contributed by atoms with Gasteiger partial charge in [0.25, 0.3) is 5.91 Å². The summed E-state index contributed by atoms with van der Waals surface area (Å²) in [6, 6.07) is 12.9.